The fourth-order valence-corrected chi connectivity index (χ4v) is 3.03. The van der Waals surface area contributed by atoms with E-state index < -0.39 is 0 Å². The minimum Gasteiger partial charge on any atom is -0.354 e. The molecule has 0 bridgehead atoms. The minimum absolute atomic E-state index is 0.757. The van der Waals surface area contributed by atoms with Gasteiger partial charge in [0.25, 0.3) is 0 Å². The number of nitrogens with zero attached hydrogens (tertiary/aromatic N) is 3. The summed E-state index contributed by atoms with van der Waals surface area (Å²) >= 11 is 6.23. The number of pyridine rings is 1. The van der Waals surface area contributed by atoms with Crippen molar-refractivity contribution in [3.8, 4) is 0 Å². The van der Waals surface area contributed by atoms with Crippen LogP contribution in [0.3, 0.4) is 0 Å². The van der Waals surface area contributed by atoms with Crippen LogP contribution in [-0.2, 0) is 6.54 Å². The van der Waals surface area contributed by atoms with E-state index in [1.165, 1.54) is 19.4 Å². The summed E-state index contributed by atoms with van der Waals surface area (Å²) < 4.78 is 0. The molecule has 1 aliphatic carbocycles. The first-order valence-electron chi connectivity index (χ1n) is 8.08. The third-order valence-corrected chi connectivity index (χ3v) is 4.74. The van der Waals surface area contributed by atoms with Gasteiger partial charge in [-0.15, -0.1) is 0 Å². The van der Waals surface area contributed by atoms with Crippen LogP contribution in [0.5, 0.6) is 0 Å². The maximum absolute atomic E-state index is 6.23. The molecule has 2 aliphatic rings. The van der Waals surface area contributed by atoms with E-state index in [-0.39, 0.29) is 0 Å². The Bertz CT molecular complexity index is 467. The largest absolute Gasteiger partial charge is 0.354 e. The van der Waals surface area contributed by atoms with Gasteiger partial charge in [-0.05, 0) is 36.9 Å². The molecule has 1 saturated heterocycles. The molecule has 0 atom stereocenters. The highest BCUT2D eigenvalue weighted by Gasteiger charge is 2.26. The van der Waals surface area contributed by atoms with Crippen LogP contribution in [0.2, 0.25) is 5.02 Å². The zero-order valence-corrected chi connectivity index (χ0v) is 13.6. The third-order valence-electron chi connectivity index (χ3n) is 4.40. The first-order chi connectivity index (χ1) is 10.3. The summed E-state index contributed by atoms with van der Waals surface area (Å²) in [5.74, 6) is 2.05. The second kappa shape index (κ2) is 6.95. The molecule has 0 radical (unpaired) electrons. The standard InChI is InChI=1S/C16H25ClN4/c1-2-18-10-14-9-16(19-11-15(14)17)21-7-5-20(6-8-21)12-13-3-4-13/h9,11,13,18H,2-8,10,12H2,1H3. The number of hydrogen-bond acceptors (Lipinski definition) is 4. The molecule has 0 spiro atoms. The highest BCUT2D eigenvalue weighted by Crippen LogP contribution is 2.30. The van der Waals surface area contributed by atoms with Crippen molar-refractivity contribution in [3.05, 3.63) is 22.8 Å². The van der Waals surface area contributed by atoms with Crippen LogP contribution in [0, 0.1) is 5.92 Å². The lowest BCUT2D eigenvalue weighted by Crippen LogP contribution is -2.47. The number of hydrogen-bond donors (Lipinski definition) is 1. The lowest BCUT2D eigenvalue weighted by molar-refractivity contribution is 0.247. The van der Waals surface area contributed by atoms with Crippen LogP contribution in [-0.4, -0.2) is 49.2 Å². The van der Waals surface area contributed by atoms with E-state index in [2.05, 4.69) is 33.1 Å². The normalized spacial score (nSPS) is 20.0. The molecule has 2 fully saturated rings. The van der Waals surface area contributed by atoms with Gasteiger partial charge in [-0.3, -0.25) is 4.90 Å². The minimum atomic E-state index is 0.757. The highest BCUT2D eigenvalue weighted by molar-refractivity contribution is 6.31. The third kappa shape index (κ3) is 4.09. The number of halogens is 1. The number of anilines is 1. The summed E-state index contributed by atoms with van der Waals surface area (Å²) in [6.45, 7) is 9.62. The molecule has 0 amide bonds. The zero-order chi connectivity index (χ0) is 14.7. The van der Waals surface area contributed by atoms with Crippen molar-refractivity contribution in [1.82, 2.24) is 15.2 Å². The fourth-order valence-electron chi connectivity index (χ4n) is 2.86. The zero-order valence-electron chi connectivity index (χ0n) is 12.8. The van der Waals surface area contributed by atoms with E-state index >= 15 is 0 Å². The second-order valence-corrected chi connectivity index (χ2v) is 6.55. The molecule has 1 N–H and O–H groups in total. The Kier molecular flexibility index (Phi) is 4.99. The Morgan fingerprint density at radius 3 is 2.71 bits per heavy atom. The first kappa shape index (κ1) is 15.1. The topological polar surface area (TPSA) is 31.4 Å². The first-order valence-corrected chi connectivity index (χ1v) is 8.46. The Labute approximate surface area is 132 Å². The fraction of sp³-hybridized carbons (Fsp3) is 0.688. The van der Waals surface area contributed by atoms with Crippen molar-refractivity contribution in [2.24, 2.45) is 5.92 Å². The van der Waals surface area contributed by atoms with Crippen molar-refractivity contribution in [2.75, 3.05) is 44.2 Å². The molecule has 5 heteroatoms. The van der Waals surface area contributed by atoms with E-state index in [1.807, 2.05) is 0 Å². The number of nitrogens with one attached hydrogen (secondary N) is 1. The summed E-state index contributed by atoms with van der Waals surface area (Å²) in [5, 5.41) is 4.09. The number of aromatic nitrogens is 1. The Morgan fingerprint density at radius 2 is 2.05 bits per heavy atom. The molecule has 1 aromatic heterocycles. The smallest absolute Gasteiger partial charge is 0.128 e. The Balaban J connectivity index is 1.58. The van der Waals surface area contributed by atoms with Crippen LogP contribution in [0.4, 0.5) is 5.82 Å². The average Bonchev–Trinajstić information content (AvgIpc) is 3.31. The lowest BCUT2D eigenvalue weighted by Gasteiger charge is -2.35. The Morgan fingerprint density at radius 1 is 1.29 bits per heavy atom. The van der Waals surface area contributed by atoms with Gasteiger partial charge in [0.1, 0.15) is 5.82 Å². The predicted molar refractivity (Wildman–Crippen MR) is 88.0 cm³/mol. The average molecular weight is 309 g/mol. The van der Waals surface area contributed by atoms with E-state index in [9.17, 15) is 0 Å². The predicted octanol–water partition coefficient (Wildman–Crippen LogP) is 2.38. The molecular weight excluding hydrogens is 284 g/mol. The van der Waals surface area contributed by atoms with Crippen LogP contribution < -0.4 is 10.2 Å². The molecular formula is C16H25ClN4. The molecule has 21 heavy (non-hydrogen) atoms. The van der Waals surface area contributed by atoms with Crippen molar-refractivity contribution in [1.29, 1.82) is 0 Å². The van der Waals surface area contributed by atoms with Crippen LogP contribution >= 0.6 is 11.6 Å². The van der Waals surface area contributed by atoms with Gasteiger partial charge >= 0.3 is 0 Å². The van der Waals surface area contributed by atoms with E-state index in [0.29, 0.717) is 0 Å². The summed E-state index contributed by atoms with van der Waals surface area (Å²) in [7, 11) is 0. The van der Waals surface area contributed by atoms with Gasteiger partial charge in [0.05, 0.1) is 5.02 Å². The number of rotatable bonds is 6. The van der Waals surface area contributed by atoms with Gasteiger partial charge in [0, 0.05) is 45.5 Å². The monoisotopic (exact) mass is 308 g/mol. The molecule has 2 heterocycles. The molecule has 3 rings (SSSR count). The molecule has 0 unspecified atom stereocenters. The SMILES string of the molecule is CCNCc1cc(N2CCN(CC3CC3)CC2)ncc1Cl. The highest BCUT2D eigenvalue weighted by atomic mass is 35.5. The van der Waals surface area contributed by atoms with Crippen molar-refractivity contribution in [3.63, 3.8) is 0 Å². The summed E-state index contributed by atoms with van der Waals surface area (Å²) in [5.41, 5.74) is 1.14. The van der Waals surface area contributed by atoms with E-state index in [1.54, 1.807) is 6.20 Å². The summed E-state index contributed by atoms with van der Waals surface area (Å²) in [6, 6.07) is 2.14. The van der Waals surface area contributed by atoms with Crippen LogP contribution in [0.15, 0.2) is 12.3 Å². The maximum Gasteiger partial charge on any atom is 0.128 e. The van der Waals surface area contributed by atoms with Gasteiger partial charge in [-0.1, -0.05) is 18.5 Å². The van der Waals surface area contributed by atoms with Gasteiger partial charge in [-0.2, -0.15) is 0 Å². The molecule has 1 aliphatic heterocycles. The maximum atomic E-state index is 6.23. The van der Waals surface area contributed by atoms with Crippen molar-refractivity contribution < 1.29 is 0 Å². The molecule has 1 saturated carbocycles. The summed E-state index contributed by atoms with van der Waals surface area (Å²) in [6.07, 6.45) is 4.67. The van der Waals surface area contributed by atoms with Crippen LogP contribution in [0.25, 0.3) is 0 Å². The quantitative estimate of drug-likeness (QED) is 0.874. The summed E-state index contributed by atoms with van der Waals surface area (Å²) in [4.78, 5) is 9.50. The van der Waals surface area contributed by atoms with Crippen molar-refractivity contribution >= 4 is 17.4 Å². The number of piperazine rings is 1. The van der Waals surface area contributed by atoms with E-state index in [0.717, 1.165) is 61.6 Å². The van der Waals surface area contributed by atoms with Crippen molar-refractivity contribution in [2.45, 2.75) is 26.3 Å². The van der Waals surface area contributed by atoms with Gasteiger partial charge in [0.2, 0.25) is 0 Å². The van der Waals surface area contributed by atoms with Gasteiger partial charge < -0.3 is 10.2 Å². The second-order valence-electron chi connectivity index (χ2n) is 6.15. The molecule has 1 aromatic rings. The van der Waals surface area contributed by atoms with Crippen LogP contribution in [0.1, 0.15) is 25.3 Å². The molecule has 0 aromatic carbocycles. The lowest BCUT2D eigenvalue weighted by atomic mass is 10.2. The van der Waals surface area contributed by atoms with E-state index in [4.69, 9.17) is 11.6 Å². The molecule has 4 nitrogen and oxygen atoms in total. The molecule has 116 valence electrons. The Hall–Kier alpha value is -0.840. The van der Waals surface area contributed by atoms with Gasteiger partial charge in [-0.25, -0.2) is 4.98 Å². The van der Waals surface area contributed by atoms with Gasteiger partial charge in [0.15, 0.2) is 0 Å².